The van der Waals surface area contributed by atoms with E-state index in [-0.39, 0.29) is 0 Å². The Morgan fingerprint density at radius 1 is 0.862 bits per heavy atom. The Balaban J connectivity index is 1.59. The molecule has 0 bridgehead atoms. The Hall–Kier alpha value is -3.79. The van der Waals surface area contributed by atoms with Crippen LogP contribution in [0.25, 0.3) is 50.5 Å². The summed E-state index contributed by atoms with van der Waals surface area (Å²) in [5.74, 6) is 0.887. The maximum Gasteiger partial charge on any atom is 0.213 e. The predicted octanol–water partition coefficient (Wildman–Crippen LogP) is 5.87. The standard InChI is InChI=1S/C25H18N4/c1-4-10-21-17(7-1)18-8-2-5-11-22(18)28(21)16-13-14-20-24(15-16)29-23-12-6-3-9-19(23)26-25(29)27-20/h1,3-7,9-15H,2,8H2,(H,26,27). The average Bonchev–Trinajstić information content (AvgIpc) is 3.41. The Morgan fingerprint density at radius 3 is 2.69 bits per heavy atom. The highest BCUT2D eigenvalue weighted by Crippen LogP contribution is 2.35. The topological polar surface area (TPSA) is 38.0 Å². The summed E-state index contributed by atoms with van der Waals surface area (Å²) < 4.78 is 4.62. The lowest BCUT2D eigenvalue weighted by Gasteiger charge is -2.12. The van der Waals surface area contributed by atoms with Gasteiger partial charge in [-0.05, 0) is 60.9 Å². The summed E-state index contributed by atoms with van der Waals surface area (Å²) in [6.45, 7) is 0. The molecule has 0 unspecified atom stereocenters. The first kappa shape index (κ1) is 15.2. The highest BCUT2D eigenvalue weighted by atomic mass is 15.1. The summed E-state index contributed by atoms with van der Waals surface area (Å²) in [5.41, 5.74) is 9.59. The molecule has 4 heteroatoms. The minimum absolute atomic E-state index is 0.887. The predicted molar refractivity (Wildman–Crippen MR) is 119 cm³/mol. The molecule has 0 radical (unpaired) electrons. The van der Waals surface area contributed by atoms with Gasteiger partial charge in [-0.3, -0.25) is 4.40 Å². The molecule has 4 nitrogen and oxygen atoms in total. The fourth-order valence-corrected chi connectivity index (χ4v) is 4.89. The molecule has 0 fully saturated rings. The molecule has 0 aliphatic heterocycles. The van der Waals surface area contributed by atoms with Crippen LogP contribution in [-0.2, 0) is 6.42 Å². The first-order chi connectivity index (χ1) is 14.4. The Kier molecular flexibility index (Phi) is 2.82. The summed E-state index contributed by atoms with van der Waals surface area (Å²) >= 11 is 0. The zero-order chi connectivity index (χ0) is 18.9. The van der Waals surface area contributed by atoms with E-state index in [0.29, 0.717) is 0 Å². The maximum atomic E-state index is 4.81. The first-order valence-corrected chi connectivity index (χ1v) is 10.1. The van der Waals surface area contributed by atoms with Crippen molar-refractivity contribution in [3.8, 4) is 5.69 Å². The lowest BCUT2D eigenvalue weighted by Crippen LogP contribution is -2.00. The van der Waals surface area contributed by atoms with Gasteiger partial charge < -0.3 is 9.55 Å². The van der Waals surface area contributed by atoms with Crippen molar-refractivity contribution < 1.29 is 0 Å². The molecule has 3 heterocycles. The molecule has 1 aliphatic carbocycles. The molecule has 1 aliphatic rings. The Bertz CT molecular complexity index is 1610. The van der Waals surface area contributed by atoms with Crippen molar-refractivity contribution in [3.63, 3.8) is 0 Å². The Labute approximate surface area is 166 Å². The summed E-state index contributed by atoms with van der Waals surface area (Å²) in [5, 5.41) is 1.36. The number of imidazole rings is 2. The van der Waals surface area contributed by atoms with Crippen LogP contribution in [0.4, 0.5) is 0 Å². The molecule has 0 amide bonds. The second kappa shape index (κ2) is 5.39. The smallest absolute Gasteiger partial charge is 0.213 e. The van der Waals surface area contributed by atoms with Gasteiger partial charge in [-0.15, -0.1) is 0 Å². The second-order valence-electron chi connectivity index (χ2n) is 7.74. The van der Waals surface area contributed by atoms with Gasteiger partial charge in [0.2, 0.25) is 5.78 Å². The number of hydrogen-bond donors (Lipinski definition) is 1. The van der Waals surface area contributed by atoms with Gasteiger partial charge in [0, 0.05) is 16.8 Å². The van der Waals surface area contributed by atoms with Gasteiger partial charge in [-0.25, -0.2) is 4.98 Å². The number of nitrogens with zero attached hydrogens (tertiary/aromatic N) is 3. The van der Waals surface area contributed by atoms with Crippen LogP contribution >= 0.6 is 0 Å². The first-order valence-electron chi connectivity index (χ1n) is 10.1. The normalized spacial score (nSPS) is 13.8. The van der Waals surface area contributed by atoms with Crippen molar-refractivity contribution in [2.75, 3.05) is 0 Å². The minimum atomic E-state index is 0.887. The van der Waals surface area contributed by atoms with Crippen LogP contribution in [0, 0.1) is 0 Å². The summed E-state index contributed by atoms with van der Waals surface area (Å²) in [4.78, 5) is 8.24. The van der Waals surface area contributed by atoms with E-state index in [1.54, 1.807) is 0 Å². The second-order valence-corrected chi connectivity index (χ2v) is 7.74. The van der Waals surface area contributed by atoms with Crippen molar-refractivity contribution in [2.45, 2.75) is 12.8 Å². The van der Waals surface area contributed by atoms with E-state index in [1.807, 2.05) is 0 Å². The monoisotopic (exact) mass is 374 g/mol. The highest BCUT2D eigenvalue weighted by molar-refractivity contribution is 5.93. The van der Waals surface area contributed by atoms with Gasteiger partial charge in [0.05, 0.1) is 27.6 Å². The number of allylic oxidation sites excluding steroid dienone is 1. The molecule has 6 aromatic rings. The van der Waals surface area contributed by atoms with Gasteiger partial charge in [0.25, 0.3) is 0 Å². The van der Waals surface area contributed by atoms with Gasteiger partial charge in [0.15, 0.2) is 0 Å². The highest BCUT2D eigenvalue weighted by Gasteiger charge is 2.19. The van der Waals surface area contributed by atoms with Crippen LogP contribution in [0.15, 0.2) is 72.8 Å². The van der Waals surface area contributed by atoms with E-state index in [4.69, 9.17) is 4.98 Å². The molecular weight excluding hydrogens is 356 g/mol. The third kappa shape index (κ3) is 1.95. The van der Waals surface area contributed by atoms with Crippen molar-refractivity contribution in [3.05, 3.63) is 84.1 Å². The Morgan fingerprint density at radius 2 is 1.72 bits per heavy atom. The van der Waals surface area contributed by atoms with Crippen molar-refractivity contribution in [2.24, 2.45) is 0 Å². The average molecular weight is 374 g/mol. The molecule has 0 atom stereocenters. The van der Waals surface area contributed by atoms with Crippen molar-refractivity contribution in [1.29, 1.82) is 0 Å². The lowest BCUT2D eigenvalue weighted by atomic mass is 10.0. The lowest BCUT2D eigenvalue weighted by molar-refractivity contribution is 0.968. The summed E-state index contributed by atoms with van der Waals surface area (Å²) in [6.07, 6.45) is 6.77. The van der Waals surface area contributed by atoms with Crippen molar-refractivity contribution >= 4 is 44.8 Å². The largest absolute Gasteiger partial charge is 0.323 e. The van der Waals surface area contributed by atoms with E-state index >= 15 is 0 Å². The molecule has 0 spiro atoms. The molecule has 0 saturated heterocycles. The van der Waals surface area contributed by atoms with Gasteiger partial charge in [-0.1, -0.05) is 36.4 Å². The number of fused-ring (bicyclic) bond motifs is 8. The molecule has 3 aromatic carbocycles. The van der Waals surface area contributed by atoms with E-state index in [9.17, 15) is 0 Å². The number of aryl methyl sites for hydroxylation is 1. The van der Waals surface area contributed by atoms with Crippen LogP contribution in [0.3, 0.4) is 0 Å². The zero-order valence-corrected chi connectivity index (χ0v) is 15.8. The van der Waals surface area contributed by atoms with Gasteiger partial charge in [0.1, 0.15) is 0 Å². The van der Waals surface area contributed by atoms with Crippen LogP contribution in [-0.4, -0.2) is 18.9 Å². The molecule has 1 N–H and O–H groups in total. The van der Waals surface area contributed by atoms with E-state index in [2.05, 4.69) is 92.8 Å². The molecule has 7 rings (SSSR count). The van der Waals surface area contributed by atoms with Crippen LogP contribution in [0.2, 0.25) is 0 Å². The van der Waals surface area contributed by atoms with E-state index in [1.165, 1.54) is 27.8 Å². The maximum absolute atomic E-state index is 4.81. The fourth-order valence-electron chi connectivity index (χ4n) is 4.89. The van der Waals surface area contributed by atoms with E-state index < -0.39 is 0 Å². The van der Waals surface area contributed by atoms with Crippen LogP contribution in [0.1, 0.15) is 17.7 Å². The number of H-pyrrole nitrogens is 1. The van der Waals surface area contributed by atoms with Gasteiger partial charge in [-0.2, -0.15) is 0 Å². The number of nitrogens with one attached hydrogen (secondary N) is 1. The molecule has 0 saturated carbocycles. The van der Waals surface area contributed by atoms with Crippen LogP contribution < -0.4 is 0 Å². The molecule has 3 aromatic heterocycles. The van der Waals surface area contributed by atoms with Crippen molar-refractivity contribution in [1.82, 2.24) is 18.9 Å². The van der Waals surface area contributed by atoms with Gasteiger partial charge >= 0.3 is 0 Å². The summed E-state index contributed by atoms with van der Waals surface area (Å²) in [7, 11) is 0. The van der Waals surface area contributed by atoms with E-state index in [0.717, 1.165) is 40.7 Å². The molecule has 138 valence electrons. The third-order valence-corrected chi connectivity index (χ3v) is 6.14. The third-order valence-electron chi connectivity index (χ3n) is 6.14. The minimum Gasteiger partial charge on any atom is -0.323 e. The SMILES string of the molecule is C1=Cc2c(c3ccccc3n2-c2ccc3nc4[nH]c5ccccc5n4c3c2)CC1. The number of hydrogen-bond acceptors (Lipinski definition) is 1. The molecule has 29 heavy (non-hydrogen) atoms. The number of rotatable bonds is 1. The van der Waals surface area contributed by atoms with Crippen LogP contribution in [0.5, 0.6) is 0 Å². The number of benzene rings is 3. The fraction of sp³-hybridized carbons (Fsp3) is 0.0800. The summed E-state index contributed by atoms with van der Waals surface area (Å²) in [6, 6.07) is 23.7. The zero-order valence-electron chi connectivity index (χ0n) is 15.8. The molecular formula is C25H18N4. The number of aromatic nitrogens is 4. The quantitative estimate of drug-likeness (QED) is 0.384. The number of para-hydroxylation sites is 3. The number of aromatic amines is 1.